The van der Waals surface area contributed by atoms with Crippen molar-refractivity contribution in [1.29, 1.82) is 0 Å². The number of rotatable bonds is 7. The number of hydrogen-bond acceptors (Lipinski definition) is 3. The van der Waals surface area contributed by atoms with Crippen molar-refractivity contribution in [2.75, 3.05) is 26.3 Å². The third-order valence-electron chi connectivity index (χ3n) is 3.58. The lowest BCUT2D eigenvalue weighted by molar-refractivity contribution is 0.158. The van der Waals surface area contributed by atoms with Crippen LogP contribution in [0.5, 0.6) is 0 Å². The maximum atomic E-state index is 5.49. The number of ether oxygens (including phenoxy) is 1. The molecule has 0 spiro atoms. The monoisotopic (exact) mass is 265 g/mol. The molecule has 1 fully saturated rings. The molecule has 19 heavy (non-hydrogen) atoms. The van der Waals surface area contributed by atoms with Crippen molar-refractivity contribution in [2.24, 2.45) is 11.8 Å². The van der Waals surface area contributed by atoms with Crippen LogP contribution in [0, 0.1) is 11.8 Å². The van der Waals surface area contributed by atoms with E-state index in [1.54, 1.807) is 0 Å². The highest BCUT2D eigenvalue weighted by Gasteiger charge is 2.20. The Morgan fingerprint density at radius 3 is 2.95 bits per heavy atom. The van der Waals surface area contributed by atoms with Crippen molar-refractivity contribution in [3.63, 3.8) is 0 Å². The highest BCUT2D eigenvalue weighted by atomic mass is 16.5. The molecule has 2 heterocycles. The minimum absolute atomic E-state index is 0.698. The lowest BCUT2D eigenvalue weighted by Gasteiger charge is -2.26. The van der Waals surface area contributed by atoms with Crippen LogP contribution in [-0.2, 0) is 17.8 Å². The van der Waals surface area contributed by atoms with E-state index in [2.05, 4.69) is 37.0 Å². The average Bonchev–Trinajstić information content (AvgIpc) is 2.99. The highest BCUT2D eigenvalue weighted by Crippen LogP contribution is 2.16. The van der Waals surface area contributed by atoms with Crippen molar-refractivity contribution in [1.82, 2.24) is 14.7 Å². The minimum atomic E-state index is 0.698. The number of aromatic nitrogens is 2. The molecule has 0 aliphatic carbocycles. The Balaban J connectivity index is 1.91. The van der Waals surface area contributed by atoms with Crippen LogP contribution in [0.2, 0.25) is 0 Å². The van der Waals surface area contributed by atoms with Gasteiger partial charge in [0.1, 0.15) is 0 Å². The van der Waals surface area contributed by atoms with Gasteiger partial charge in [-0.05, 0) is 25.2 Å². The van der Waals surface area contributed by atoms with Gasteiger partial charge in [0.05, 0.1) is 12.8 Å². The fourth-order valence-corrected chi connectivity index (χ4v) is 2.73. The molecule has 4 heteroatoms. The first-order valence-electron chi connectivity index (χ1n) is 7.48. The molecule has 0 aromatic carbocycles. The predicted octanol–water partition coefficient (Wildman–Crippen LogP) is 2.40. The van der Waals surface area contributed by atoms with Gasteiger partial charge in [-0.25, -0.2) is 0 Å². The van der Waals surface area contributed by atoms with E-state index in [1.807, 2.05) is 10.9 Å². The van der Waals surface area contributed by atoms with E-state index in [9.17, 15) is 0 Å². The van der Waals surface area contributed by atoms with Crippen LogP contribution in [0.1, 0.15) is 32.8 Å². The summed E-state index contributed by atoms with van der Waals surface area (Å²) in [6.45, 7) is 12.8. The molecule has 0 radical (unpaired) electrons. The van der Waals surface area contributed by atoms with Gasteiger partial charge in [0.15, 0.2) is 0 Å². The second-order valence-corrected chi connectivity index (χ2v) is 6.02. The molecule has 1 aliphatic heterocycles. The molecule has 1 saturated heterocycles. The first-order chi connectivity index (χ1) is 9.17. The fourth-order valence-electron chi connectivity index (χ4n) is 2.73. The first kappa shape index (κ1) is 14.5. The second-order valence-electron chi connectivity index (χ2n) is 6.02. The molecule has 1 atom stereocenters. The van der Waals surface area contributed by atoms with Crippen molar-refractivity contribution in [3.8, 4) is 0 Å². The summed E-state index contributed by atoms with van der Waals surface area (Å²) < 4.78 is 7.49. The van der Waals surface area contributed by atoms with Crippen LogP contribution in [-0.4, -0.2) is 41.0 Å². The second kappa shape index (κ2) is 7.06. The summed E-state index contributed by atoms with van der Waals surface area (Å²) in [7, 11) is 0. The van der Waals surface area contributed by atoms with Crippen LogP contribution in [0.25, 0.3) is 0 Å². The van der Waals surface area contributed by atoms with Crippen molar-refractivity contribution in [2.45, 2.75) is 40.3 Å². The third-order valence-corrected chi connectivity index (χ3v) is 3.58. The summed E-state index contributed by atoms with van der Waals surface area (Å²) in [5.74, 6) is 1.41. The summed E-state index contributed by atoms with van der Waals surface area (Å²) in [4.78, 5) is 2.56. The summed E-state index contributed by atoms with van der Waals surface area (Å²) in [6.07, 6.45) is 5.38. The molecule has 0 unspecified atom stereocenters. The summed E-state index contributed by atoms with van der Waals surface area (Å²) in [5.41, 5.74) is 1.32. The van der Waals surface area contributed by atoms with Gasteiger partial charge in [-0.15, -0.1) is 0 Å². The summed E-state index contributed by atoms with van der Waals surface area (Å²) in [6, 6.07) is 0. The minimum Gasteiger partial charge on any atom is -0.381 e. The zero-order chi connectivity index (χ0) is 13.7. The van der Waals surface area contributed by atoms with Gasteiger partial charge < -0.3 is 4.74 Å². The Bertz CT molecular complexity index is 369. The Morgan fingerprint density at radius 2 is 2.37 bits per heavy atom. The van der Waals surface area contributed by atoms with E-state index >= 15 is 0 Å². The largest absolute Gasteiger partial charge is 0.381 e. The number of hydrogen-bond donors (Lipinski definition) is 0. The van der Waals surface area contributed by atoms with E-state index in [1.165, 1.54) is 12.0 Å². The molecule has 0 amide bonds. The zero-order valence-corrected chi connectivity index (χ0v) is 12.5. The topological polar surface area (TPSA) is 30.3 Å². The van der Waals surface area contributed by atoms with Crippen LogP contribution >= 0.6 is 0 Å². The van der Waals surface area contributed by atoms with E-state index in [0.717, 1.165) is 39.4 Å². The quantitative estimate of drug-likeness (QED) is 0.758. The molecule has 0 N–H and O–H groups in total. The molecule has 4 nitrogen and oxygen atoms in total. The Labute approximate surface area is 116 Å². The van der Waals surface area contributed by atoms with Crippen LogP contribution < -0.4 is 0 Å². The maximum Gasteiger partial charge on any atom is 0.0534 e. The van der Waals surface area contributed by atoms with Gasteiger partial charge in [0.25, 0.3) is 0 Å². The van der Waals surface area contributed by atoms with E-state index in [0.29, 0.717) is 11.8 Å². The highest BCUT2D eigenvalue weighted by molar-refractivity contribution is 5.03. The van der Waals surface area contributed by atoms with Crippen LogP contribution in [0.15, 0.2) is 12.4 Å². The van der Waals surface area contributed by atoms with Gasteiger partial charge in [0.2, 0.25) is 0 Å². The zero-order valence-electron chi connectivity index (χ0n) is 12.5. The van der Waals surface area contributed by atoms with Crippen LogP contribution in [0.3, 0.4) is 0 Å². The normalized spacial score (nSPS) is 19.7. The first-order valence-corrected chi connectivity index (χ1v) is 7.48. The Kier molecular flexibility index (Phi) is 5.40. The lowest BCUT2D eigenvalue weighted by atomic mass is 10.1. The third kappa shape index (κ3) is 4.62. The summed E-state index contributed by atoms with van der Waals surface area (Å²) in [5, 5.41) is 4.36. The maximum absolute atomic E-state index is 5.49. The fraction of sp³-hybridized carbons (Fsp3) is 0.800. The average molecular weight is 265 g/mol. The Morgan fingerprint density at radius 1 is 1.53 bits per heavy atom. The van der Waals surface area contributed by atoms with Crippen molar-refractivity contribution >= 4 is 0 Å². The molecular weight excluding hydrogens is 238 g/mol. The molecule has 0 saturated carbocycles. The summed E-state index contributed by atoms with van der Waals surface area (Å²) >= 11 is 0. The van der Waals surface area contributed by atoms with Gasteiger partial charge in [-0.1, -0.05) is 13.8 Å². The molecule has 1 aromatic heterocycles. The standard InChI is InChI=1S/C15H27N3O/c1-4-18-11-15(7-16-18)10-17(8-13(2)3)9-14-5-6-19-12-14/h7,11,13-14H,4-6,8-10,12H2,1-3H3/t14-/m1/s1. The Hall–Kier alpha value is -0.870. The molecule has 2 rings (SSSR count). The molecule has 108 valence electrons. The van der Waals surface area contributed by atoms with Gasteiger partial charge >= 0.3 is 0 Å². The van der Waals surface area contributed by atoms with Crippen LogP contribution in [0.4, 0.5) is 0 Å². The van der Waals surface area contributed by atoms with E-state index in [-0.39, 0.29) is 0 Å². The van der Waals surface area contributed by atoms with Gasteiger partial charge in [-0.3, -0.25) is 9.58 Å². The molecule has 0 bridgehead atoms. The van der Waals surface area contributed by atoms with E-state index < -0.39 is 0 Å². The molecule has 1 aliphatic rings. The van der Waals surface area contributed by atoms with Crippen molar-refractivity contribution in [3.05, 3.63) is 18.0 Å². The van der Waals surface area contributed by atoms with E-state index in [4.69, 9.17) is 4.74 Å². The van der Waals surface area contributed by atoms with Gasteiger partial charge in [0, 0.05) is 44.5 Å². The molecular formula is C15H27N3O. The lowest BCUT2D eigenvalue weighted by Crippen LogP contribution is -2.32. The molecule has 1 aromatic rings. The predicted molar refractivity (Wildman–Crippen MR) is 76.9 cm³/mol. The van der Waals surface area contributed by atoms with Gasteiger partial charge in [-0.2, -0.15) is 5.10 Å². The smallest absolute Gasteiger partial charge is 0.0534 e. The number of aryl methyl sites for hydroxylation is 1. The van der Waals surface area contributed by atoms with Crippen molar-refractivity contribution < 1.29 is 4.74 Å². The SMILES string of the molecule is CCn1cc(CN(CC(C)C)C[C@H]2CCOC2)cn1. The number of nitrogens with zero attached hydrogens (tertiary/aromatic N) is 3.